The highest BCUT2D eigenvalue weighted by molar-refractivity contribution is 9.10. The van der Waals surface area contributed by atoms with E-state index in [-0.39, 0.29) is 6.09 Å². The average molecular weight is 492 g/mol. The Balaban J connectivity index is 1.39. The summed E-state index contributed by atoms with van der Waals surface area (Å²) >= 11 is 3.62. The van der Waals surface area contributed by atoms with Gasteiger partial charge in [0.25, 0.3) is 0 Å². The van der Waals surface area contributed by atoms with Crippen LogP contribution >= 0.6 is 15.9 Å². The minimum atomic E-state index is -0.492. The fourth-order valence-corrected chi connectivity index (χ4v) is 4.55. The Hall–Kier alpha value is -2.06. The molecular formula is C23H30BrN3O4. The molecule has 7 nitrogen and oxygen atoms in total. The van der Waals surface area contributed by atoms with Gasteiger partial charge >= 0.3 is 6.09 Å². The van der Waals surface area contributed by atoms with Gasteiger partial charge in [0, 0.05) is 31.7 Å². The van der Waals surface area contributed by atoms with Crippen LogP contribution in [0.15, 0.2) is 28.9 Å². The first-order chi connectivity index (χ1) is 14.8. The van der Waals surface area contributed by atoms with E-state index in [0.29, 0.717) is 32.3 Å². The van der Waals surface area contributed by atoms with Gasteiger partial charge in [-0.2, -0.15) is 5.10 Å². The van der Waals surface area contributed by atoms with Crippen molar-refractivity contribution in [2.45, 2.75) is 58.2 Å². The number of fused-ring (bicyclic) bond motifs is 1. The summed E-state index contributed by atoms with van der Waals surface area (Å²) in [5.74, 6) is 0.896. The summed E-state index contributed by atoms with van der Waals surface area (Å²) in [6.07, 6.45) is 4.08. The highest BCUT2D eigenvalue weighted by atomic mass is 79.9. The molecule has 0 radical (unpaired) electrons. The van der Waals surface area contributed by atoms with Crippen LogP contribution in [0.3, 0.4) is 0 Å². The first-order valence-corrected chi connectivity index (χ1v) is 11.6. The van der Waals surface area contributed by atoms with Crippen molar-refractivity contribution in [3.63, 3.8) is 0 Å². The Morgan fingerprint density at radius 1 is 1.35 bits per heavy atom. The maximum Gasteiger partial charge on any atom is 0.410 e. The van der Waals surface area contributed by atoms with Crippen LogP contribution in [0, 0.1) is 0 Å². The zero-order valence-electron chi connectivity index (χ0n) is 18.4. The lowest BCUT2D eigenvalue weighted by molar-refractivity contribution is 0.0223. The molecule has 2 aliphatic rings. The summed E-state index contributed by atoms with van der Waals surface area (Å²) < 4.78 is 20.3. The van der Waals surface area contributed by atoms with Crippen molar-refractivity contribution in [1.29, 1.82) is 0 Å². The molecule has 8 heteroatoms. The van der Waals surface area contributed by atoms with Crippen molar-refractivity contribution in [3.05, 3.63) is 45.7 Å². The molecule has 0 spiro atoms. The lowest BCUT2D eigenvalue weighted by Gasteiger charge is -2.31. The molecule has 1 aromatic carbocycles. The first-order valence-electron chi connectivity index (χ1n) is 10.8. The van der Waals surface area contributed by atoms with Gasteiger partial charge in [0.15, 0.2) is 0 Å². The summed E-state index contributed by atoms with van der Waals surface area (Å²) in [4.78, 5) is 14.2. The maximum absolute atomic E-state index is 12.4. The predicted molar refractivity (Wildman–Crippen MR) is 120 cm³/mol. The van der Waals surface area contributed by atoms with E-state index in [2.05, 4.69) is 31.8 Å². The molecule has 0 saturated carbocycles. The van der Waals surface area contributed by atoms with Crippen molar-refractivity contribution >= 4 is 22.0 Å². The SMILES string of the molecule is CC(C)(C)OC(=O)N1CCc2c(cccc2OCCc2c(Br)cnn2C2CCOC2)C1. The van der Waals surface area contributed by atoms with Gasteiger partial charge in [0.05, 0.1) is 35.6 Å². The summed E-state index contributed by atoms with van der Waals surface area (Å²) in [5.41, 5.74) is 2.94. The quantitative estimate of drug-likeness (QED) is 0.614. The lowest BCUT2D eigenvalue weighted by Crippen LogP contribution is -2.40. The third-order valence-corrected chi connectivity index (χ3v) is 6.23. The molecule has 0 bridgehead atoms. The molecule has 4 rings (SSSR count). The van der Waals surface area contributed by atoms with Gasteiger partial charge in [0.2, 0.25) is 0 Å². The number of benzene rings is 1. The van der Waals surface area contributed by atoms with Crippen molar-refractivity contribution < 1.29 is 19.0 Å². The monoisotopic (exact) mass is 491 g/mol. The van der Waals surface area contributed by atoms with Crippen LogP contribution in [0.4, 0.5) is 4.79 Å². The van der Waals surface area contributed by atoms with E-state index >= 15 is 0 Å². The highest BCUT2D eigenvalue weighted by Gasteiger charge is 2.27. The van der Waals surface area contributed by atoms with Crippen molar-refractivity contribution in [2.24, 2.45) is 0 Å². The molecule has 0 N–H and O–H groups in total. The minimum Gasteiger partial charge on any atom is -0.493 e. The highest BCUT2D eigenvalue weighted by Crippen LogP contribution is 2.30. The van der Waals surface area contributed by atoms with Crippen LogP contribution in [-0.2, 0) is 28.9 Å². The van der Waals surface area contributed by atoms with Crippen molar-refractivity contribution in [2.75, 3.05) is 26.4 Å². The second-order valence-corrected chi connectivity index (χ2v) is 9.90. The van der Waals surface area contributed by atoms with E-state index in [0.717, 1.165) is 47.3 Å². The summed E-state index contributed by atoms with van der Waals surface area (Å²) in [7, 11) is 0. The fourth-order valence-electron chi connectivity index (χ4n) is 4.08. The molecule has 3 heterocycles. The number of halogens is 1. The number of hydrogen-bond donors (Lipinski definition) is 0. The summed E-state index contributed by atoms with van der Waals surface area (Å²) in [6, 6.07) is 6.36. The van der Waals surface area contributed by atoms with Crippen LogP contribution in [0.1, 0.15) is 50.1 Å². The van der Waals surface area contributed by atoms with Gasteiger partial charge in [-0.25, -0.2) is 4.79 Å². The number of aromatic nitrogens is 2. The van der Waals surface area contributed by atoms with E-state index in [1.54, 1.807) is 4.90 Å². The van der Waals surface area contributed by atoms with Crippen LogP contribution < -0.4 is 4.74 Å². The first kappa shape index (κ1) is 22.1. The number of nitrogens with zero attached hydrogens (tertiary/aromatic N) is 3. The van der Waals surface area contributed by atoms with Crippen LogP contribution in [0.2, 0.25) is 0 Å². The number of amides is 1. The van der Waals surface area contributed by atoms with Gasteiger partial charge in [-0.1, -0.05) is 12.1 Å². The molecule has 1 unspecified atom stereocenters. The second-order valence-electron chi connectivity index (χ2n) is 9.05. The Morgan fingerprint density at radius 3 is 2.94 bits per heavy atom. The predicted octanol–water partition coefficient (Wildman–Crippen LogP) is 4.52. The molecule has 31 heavy (non-hydrogen) atoms. The average Bonchev–Trinajstić information content (AvgIpc) is 3.36. The van der Waals surface area contributed by atoms with Gasteiger partial charge in [-0.15, -0.1) is 0 Å². The van der Waals surface area contributed by atoms with E-state index in [1.807, 2.05) is 39.1 Å². The van der Waals surface area contributed by atoms with Gasteiger partial charge in [-0.3, -0.25) is 4.68 Å². The Kier molecular flexibility index (Phi) is 6.57. The summed E-state index contributed by atoms with van der Waals surface area (Å²) in [5, 5.41) is 4.53. The van der Waals surface area contributed by atoms with Gasteiger partial charge in [0.1, 0.15) is 11.4 Å². The molecule has 2 aromatic rings. The molecule has 0 aliphatic carbocycles. The van der Waals surface area contributed by atoms with Gasteiger partial charge < -0.3 is 19.1 Å². The Labute approximate surface area is 191 Å². The molecule has 168 valence electrons. The van der Waals surface area contributed by atoms with Crippen molar-refractivity contribution in [1.82, 2.24) is 14.7 Å². The van der Waals surface area contributed by atoms with Crippen LogP contribution in [0.25, 0.3) is 0 Å². The maximum atomic E-state index is 12.4. The number of hydrogen-bond acceptors (Lipinski definition) is 5. The fraction of sp³-hybridized carbons (Fsp3) is 0.565. The summed E-state index contributed by atoms with van der Waals surface area (Å²) in [6.45, 7) is 8.89. The third-order valence-electron chi connectivity index (χ3n) is 5.57. The number of rotatable bonds is 5. The van der Waals surface area contributed by atoms with Crippen LogP contribution in [0.5, 0.6) is 5.75 Å². The standard InChI is InChI=1S/C23H30BrN3O4/c1-23(2,3)31-22(28)26-10-7-18-16(14-26)5-4-6-21(18)30-12-9-20-19(24)13-25-27(20)17-8-11-29-15-17/h4-6,13,17H,7-12,14-15H2,1-3H3. The molecule has 1 aromatic heterocycles. The zero-order chi connectivity index (χ0) is 22.0. The normalized spacial score (nSPS) is 18.7. The van der Waals surface area contributed by atoms with E-state index in [4.69, 9.17) is 14.2 Å². The number of ether oxygens (including phenoxy) is 3. The molecule has 1 amide bonds. The van der Waals surface area contributed by atoms with Crippen LogP contribution in [-0.4, -0.2) is 52.7 Å². The largest absolute Gasteiger partial charge is 0.493 e. The Morgan fingerprint density at radius 2 is 2.19 bits per heavy atom. The zero-order valence-corrected chi connectivity index (χ0v) is 20.0. The smallest absolute Gasteiger partial charge is 0.410 e. The van der Waals surface area contributed by atoms with E-state index in [1.165, 1.54) is 5.56 Å². The number of carbonyl (C=O) groups is 1. The van der Waals surface area contributed by atoms with E-state index in [9.17, 15) is 4.79 Å². The topological polar surface area (TPSA) is 65.8 Å². The van der Waals surface area contributed by atoms with Gasteiger partial charge in [-0.05, 0) is 61.2 Å². The molecule has 1 fully saturated rings. The molecule has 2 aliphatic heterocycles. The second kappa shape index (κ2) is 9.20. The van der Waals surface area contributed by atoms with Crippen molar-refractivity contribution in [3.8, 4) is 5.75 Å². The lowest BCUT2D eigenvalue weighted by atomic mass is 9.99. The van der Waals surface area contributed by atoms with E-state index < -0.39 is 5.60 Å². The Bertz CT molecular complexity index is 931. The molecule has 1 atom stereocenters. The third kappa shape index (κ3) is 5.23. The molecule has 1 saturated heterocycles. The molecular weight excluding hydrogens is 462 g/mol. The number of carbonyl (C=O) groups excluding carboxylic acids is 1. The minimum absolute atomic E-state index is 0.265.